The minimum absolute atomic E-state index is 0.0718. The van der Waals surface area contributed by atoms with Gasteiger partial charge in [0.25, 0.3) is 0 Å². The van der Waals surface area contributed by atoms with Gasteiger partial charge in [-0.25, -0.2) is 4.39 Å². The van der Waals surface area contributed by atoms with E-state index in [4.69, 9.17) is 11.6 Å². The lowest BCUT2D eigenvalue weighted by Crippen LogP contribution is -2.23. The Morgan fingerprint density at radius 3 is 2.62 bits per heavy atom. The third-order valence-corrected chi connectivity index (χ3v) is 4.58. The predicted molar refractivity (Wildman–Crippen MR) is 90.4 cm³/mol. The molecule has 1 N–H and O–H groups in total. The molecule has 2 rings (SSSR count). The van der Waals surface area contributed by atoms with E-state index in [0.29, 0.717) is 17.0 Å². The van der Waals surface area contributed by atoms with Gasteiger partial charge in [0.1, 0.15) is 5.82 Å². The van der Waals surface area contributed by atoms with Crippen molar-refractivity contribution in [2.45, 2.75) is 26.3 Å². The van der Waals surface area contributed by atoms with Crippen molar-refractivity contribution in [1.29, 1.82) is 0 Å². The second-order valence-corrected chi connectivity index (χ2v) is 6.35. The number of halogens is 3. The number of likely N-dealkylation sites (N-methyl/N-ethyl adjacent to an activating group) is 1. The third kappa shape index (κ3) is 4.29. The summed E-state index contributed by atoms with van der Waals surface area (Å²) in [6, 6.07) is 11.2. The molecule has 112 valence electrons. The topological polar surface area (TPSA) is 12.0 Å². The zero-order valence-electron chi connectivity index (χ0n) is 12.1. The summed E-state index contributed by atoms with van der Waals surface area (Å²) in [7, 11) is 0. The predicted octanol–water partition coefficient (Wildman–Crippen LogP) is 5.44. The highest BCUT2D eigenvalue weighted by Crippen LogP contribution is 2.26. The van der Waals surface area contributed by atoms with Crippen LogP contribution in [0.2, 0.25) is 5.02 Å². The molecule has 0 aromatic heterocycles. The minimum Gasteiger partial charge on any atom is -0.310 e. The van der Waals surface area contributed by atoms with Crippen LogP contribution in [-0.4, -0.2) is 6.54 Å². The van der Waals surface area contributed by atoms with Crippen LogP contribution in [0.4, 0.5) is 4.39 Å². The van der Waals surface area contributed by atoms with Crippen molar-refractivity contribution in [3.63, 3.8) is 0 Å². The molecule has 0 fully saturated rings. The van der Waals surface area contributed by atoms with Crippen LogP contribution in [0, 0.1) is 12.7 Å². The smallest absolute Gasteiger partial charge is 0.127 e. The maximum atomic E-state index is 14.0. The van der Waals surface area contributed by atoms with Gasteiger partial charge in [0.15, 0.2) is 0 Å². The van der Waals surface area contributed by atoms with Crippen LogP contribution in [0.25, 0.3) is 0 Å². The van der Waals surface area contributed by atoms with Gasteiger partial charge in [-0.1, -0.05) is 52.7 Å². The van der Waals surface area contributed by atoms with Gasteiger partial charge in [-0.2, -0.15) is 0 Å². The van der Waals surface area contributed by atoms with Gasteiger partial charge in [0, 0.05) is 15.5 Å². The van der Waals surface area contributed by atoms with Crippen molar-refractivity contribution >= 4 is 27.5 Å². The van der Waals surface area contributed by atoms with E-state index in [1.807, 2.05) is 0 Å². The molecule has 21 heavy (non-hydrogen) atoms. The molecule has 0 aliphatic heterocycles. The molecule has 0 amide bonds. The molecule has 4 heteroatoms. The Morgan fingerprint density at radius 1 is 1.24 bits per heavy atom. The van der Waals surface area contributed by atoms with Crippen molar-refractivity contribution in [2.24, 2.45) is 0 Å². The Hall–Kier alpha value is -0.900. The van der Waals surface area contributed by atoms with Gasteiger partial charge in [0.05, 0.1) is 0 Å². The number of nitrogens with one attached hydrogen (secondary N) is 1. The summed E-state index contributed by atoms with van der Waals surface area (Å²) in [4.78, 5) is 0. The minimum atomic E-state index is -0.253. The summed E-state index contributed by atoms with van der Waals surface area (Å²) in [5, 5.41) is 3.84. The quantitative estimate of drug-likeness (QED) is 0.738. The summed E-state index contributed by atoms with van der Waals surface area (Å²) < 4.78 is 15.1. The Morgan fingerprint density at radius 2 is 2.00 bits per heavy atom. The van der Waals surface area contributed by atoms with Gasteiger partial charge in [-0.05, 0) is 54.8 Å². The number of rotatable bonds is 5. The van der Waals surface area contributed by atoms with Crippen molar-refractivity contribution in [3.05, 3.63) is 68.4 Å². The molecular weight excluding hydrogens is 353 g/mol. The zero-order chi connectivity index (χ0) is 15.4. The molecule has 0 saturated carbocycles. The molecule has 1 unspecified atom stereocenters. The first-order valence-corrected chi connectivity index (χ1v) is 8.11. The van der Waals surface area contributed by atoms with Crippen LogP contribution in [-0.2, 0) is 6.42 Å². The fourth-order valence-electron chi connectivity index (χ4n) is 2.29. The van der Waals surface area contributed by atoms with E-state index in [2.05, 4.69) is 53.3 Å². The average molecular weight is 371 g/mol. The van der Waals surface area contributed by atoms with E-state index in [0.717, 1.165) is 16.6 Å². The molecule has 0 spiro atoms. The van der Waals surface area contributed by atoms with E-state index in [-0.39, 0.29) is 11.9 Å². The van der Waals surface area contributed by atoms with Crippen molar-refractivity contribution in [1.82, 2.24) is 5.32 Å². The standard InChI is InChI=1S/C17H18BrClFN/c1-3-21-17(13-5-4-11(2)15(18)8-13)9-12-6-7-14(19)10-16(12)20/h4-8,10,17,21H,3,9H2,1-2H3. The monoisotopic (exact) mass is 369 g/mol. The molecule has 2 aromatic carbocycles. The largest absolute Gasteiger partial charge is 0.310 e. The molecule has 0 aliphatic rings. The molecule has 0 heterocycles. The molecule has 0 saturated heterocycles. The highest BCUT2D eigenvalue weighted by atomic mass is 79.9. The summed E-state index contributed by atoms with van der Waals surface area (Å²) in [5.74, 6) is -0.253. The Balaban J connectivity index is 2.28. The van der Waals surface area contributed by atoms with Crippen LogP contribution in [0.3, 0.4) is 0 Å². The molecule has 0 bridgehead atoms. The molecule has 1 nitrogen and oxygen atoms in total. The lowest BCUT2D eigenvalue weighted by molar-refractivity contribution is 0.528. The van der Waals surface area contributed by atoms with Gasteiger partial charge < -0.3 is 5.32 Å². The van der Waals surface area contributed by atoms with Crippen LogP contribution in [0.5, 0.6) is 0 Å². The number of hydrogen-bond acceptors (Lipinski definition) is 1. The third-order valence-electron chi connectivity index (χ3n) is 3.49. The number of hydrogen-bond donors (Lipinski definition) is 1. The second-order valence-electron chi connectivity index (χ2n) is 5.06. The highest BCUT2D eigenvalue weighted by molar-refractivity contribution is 9.10. The fraction of sp³-hybridized carbons (Fsp3) is 0.294. The summed E-state index contributed by atoms with van der Waals surface area (Å²) in [6.45, 7) is 4.93. The molecule has 0 aliphatic carbocycles. The zero-order valence-corrected chi connectivity index (χ0v) is 14.4. The summed E-state index contributed by atoms with van der Waals surface area (Å²) in [6.07, 6.45) is 0.590. The molecule has 2 aromatic rings. The van der Waals surface area contributed by atoms with E-state index >= 15 is 0 Å². The lowest BCUT2D eigenvalue weighted by Gasteiger charge is -2.20. The van der Waals surface area contributed by atoms with Crippen LogP contribution in [0.1, 0.15) is 29.7 Å². The van der Waals surface area contributed by atoms with E-state index in [9.17, 15) is 4.39 Å². The maximum Gasteiger partial charge on any atom is 0.127 e. The Bertz CT molecular complexity index is 630. The number of aryl methyl sites for hydroxylation is 1. The first-order valence-electron chi connectivity index (χ1n) is 6.94. The first kappa shape index (κ1) is 16.5. The van der Waals surface area contributed by atoms with Crippen LogP contribution in [0.15, 0.2) is 40.9 Å². The van der Waals surface area contributed by atoms with Gasteiger partial charge >= 0.3 is 0 Å². The normalized spacial score (nSPS) is 12.4. The molecule has 0 radical (unpaired) electrons. The second kappa shape index (κ2) is 7.39. The Kier molecular flexibility index (Phi) is 5.80. The molecular formula is C17H18BrClFN. The number of benzene rings is 2. The van der Waals surface area contributed by atoms with E-state index in [1.165, 1.54) is 11.6 Å². The van der Waals surface area contributed by atoms with Gasteiger partial charge in [0.2, 0.25) is 0 Å². The SMILES string of the molecule is CCNC(Cc1ccc(Cl)cc1F)c1ccc(C)c(Br)c1. The summed E-state index contributed by atoms with van der Waals surface area (Å²) >= 11 is 9.36. The van der Waals surface area contributed by atoms with Crippen molar-refractivity contribution in [2.75, 3.05) is 6.54 Å². The average Bonchev–Trinajstić information content (AvgIpc) is 2.44. The highest BCUT2D eigenvalue weighted by Gasteiger charge is 2.14. The summed E-state index contributed by atoms with van der Waals surface area (Å²) in [5.41, 5.74) is 3.00. The molecule has 1 atom stereocenters. The van der Waals surface area contributed by atoms with Gasteiger partial charge in [-0.3, -0.25) is 0 Å². The van der Waals surface area contributed by atoms with Crippen molar-refractivity contribution < 1.29 is 4.39 Å². The van der Waals surface area contributed by atoms with E-state index < -0.39 is 0 Å². The van der Waals surface area contributed by atoms with Crippen molar-refractivity contribution in [3.8, 4) is 0 Å². The van der Waals surface area contributed by atoms with E-state index in [1.54, 1.807) is 12.1 Å². The van der Waals surface area contributed by atoms with Crippen LogP contribution < -0.4 is 5.32 Å². The fourth-order valence-corrected chi connectivity index (χ4v) is 2.84. The lowest BCUT2D eigenvalue weighted by atomic mass is 9.97. The maximum absolute atomic E-state index is 14.0. The Labute approximate surface area is 138 Å². The van der Waals surface area contributed by atoms with Crippen LogP contribution >= 0.6 is 27.5 Å². The first-order chi connectivity index (χ1) is 10.0. The van der Waals surface area contributed by atoms with Gasteiger partial charge in [-0.15, -0.1) is 0 Å².